The van der Waals surface area contributed by atoms with E-state index < -0.39 is 12.1 Å². The van der Waals surface area contributed by atoms with Crippen LogP contribution in [0.15, 0.2) is 54.7 Å². The number of hydrogen-bond donors (Lipinski definition) is 3. The van der Waals surface area contributed by atoms with E-state index in [-0.39, 0.29) is 42.2 Å². The van der Waals surface area contributed by atoms with E-state index in [0.717, 1.165) is 11.1 Å². The number of anilines is 1. The first-order chi connectivity index (χ1) is 16.8. The van der Waals surface area contributed by atoms with Crippen LogP contribution < -0.4 is 10.6 Å². The van der Waals surface area contributed by atoms with Crippen LogP contribution in [0.5, 0.6) is 0 Å². The highest BCUT2D eigenvalue weighted by atomic mass is 16.5. The average Bonchev–Trinajstić information content (AvgIpc) is 3.38. The topological polar surface area (TPSA) is 123 Å². The molecule has 4 rings (SSSR count). The summed E-state index contributed by atoms with van der Waals surface area (Å²) in [5, 5.41) is 18.4. The lowest BCUT2D eigenvalue weighted by molar-refractivity contribution is -0.116. The Morgan fingerprint density at radius 2 is 1.71 bits per heavy atom. The van der Waals surface area contributed by atoms with Crippen LogP contribution in [0.25, 0.3) is 11.1 Å². The number of nitrogens with zero attached hydrogens (tertiary/aromatic N) is 2. The molecule has 1 atom stereocenters. The largest absolute Gasteiger partial charge is 0.477 e. The van der Waals surface area contributed by atoms with Crippen molar-refractivity contribution in [1.29, 1.82) is 0 Å². The smallest absolute Gasteiger partial charge is 0.407 e. The van der Waals surface area contributed by atoms with Crippen LogP contribution in [0.3, 0.4) is 0 Å². The van der Waals surface area contributed by atoms with Crippen molar-refractivity contribution >= 4 is 23.8 Å². The van der Waals surface area contributed by atoms with Gasteiger partial charge < -0.3 is 20.5 Å². The van der Waals surface area contributed by atoms with Gasteiger partial charge in [-0.05, 0) is 34.6 Å². The molecular formula is C26H28N4O5. The standard InChI is InChI=1S/C26H28N4O5/c1-16(11-12-23(31)29-24-21(25(32)33)14-28-30(24)2)13-27-26(34)35-15-22-19-9-5-3-7-17(19)18-8-4-6-10-20(18)22/h3-10,14,16,22H,11-13,15H2,1-2H3,(H,27,34)(H,29,31)(H,32,33). The minimum Gasteiger partial charge on any atom is -0.477 e. The fraction of sp³-hybridized carbons (Fsp3) is 0.308. The molecule has 9 heteroatoms. The number of nitrogens with one attached hydrogen (secondary N) is 2. The number of aromatic nitrogens is 2. The van der Waals surface area contributed by atoms with Gasteiger partial charge in [0.05, 0.1) is 6.20 Å². The number of carbonyl (C=O) groups is 3. The van der Waals surface area contributed by atoms with Crippen molar-refractivity contribution in [3.63, 3.8) is 0 Å². The maximum absolute atomic E-state index is 12.3. The van der Waals surface area contributed by atoms with Crippen molar-refractivity contribution in [3.8, 4) is 11.1 Å². The molecule has 0 saturated heterocycles. The lowest BCUT2D eigenvalue weighted by Gasteiger charge is -2.16. The molecule has 0 fully saturated rings. The average molecular weight is 477 g/mol. The summed E-state index contributed by atoms with van der Waals surface area (Å²) in [6, 6.07) is 16.3. The summed E-state index contributed by atoms with van der Waals surface area (Å²) in [6.45, 7) is 2.52. The third-order valence-corrected chi connectivity index (χ3v) is 6.23. The zero-order chi connectivity index (χ0) is 24.9. The predicted octanol–water partition coefficient (Wildman–Crippen LogP) is 4.01. The fourth-order valence-electron chi connectivity index (χ4n) is 4.32. The van der Waals surface area contributed by atoms with E-state index in [0.29, 0.717) is 13.0 Å². The molecule has 0 aliphatic heterocycles. The van der Waals surface area contributed by atoms with Crippen LogP contribution in [0.2, 0.25) is 0 Å². The molecule has 1 aliphatic carbocycles. The van der Waals surface area contributed by atoms with Crippen LogP contribution in [-0.2, 0) is 16.6 Å². The summed E-state index contributed by atoms with van der Waals surface area (Å²) in [6.07, 6.45) is 1.39. The van der Waals surface area contributed by atoms with Crippen molar-refractivity contribution in [2.24, 2.45) is 13.0 Å². The monoisotopic (exact) mass is 476 g/mol. The minimum absolute atomic E-state index is 0.00281. The first-order valence-electron chi connectivity index (χ1n) is 11.5. The summed E-state index contributed by atoms with van der Waals surface area (Å²) in [5.41, 5.74) is 4.59. The minimum atomic E-state index is -1.16. The third kappa shape index (κ3) is 5.34. The molecule has 2 aromatic carbocycles. The molecule has 0 bridgehead atoms. The molecule has 0 saturated carbocycles. The predicted molar refractivity (Wildman–Crippen MR) is 130 cm³/mol. The van der Waals surface area contributed by atoms with E-state index >= 15 is 0 Å². The highest BCUT2D eigenvalue weighted by molar-refractivity contribution is 5.99. The number of aromatic carboxylic acids is 1. The van der Waals surface area contributed by atoms with Gasteiger partial charge in [-0.1, -0.05) is 55.5 Å². The highest BCUT2D eigenvalue weighted by Gasteiger charge is 2.29. The van der Waals surface area contributed by atoms with Crippen molar-refractivity contribution in [2.45, 2.75) is 25.7 Å². The molecule has 182 valence electrons. The van der Waals surface area contributed by atoms with Crippen LogP contribution in [0, 0.1) is 5.92 Å². The molecule has 2 amide bonds. The zero-order valence-electron chi connectivity index (χ0n) is 19.7. The van der Waals surface area contributed by atoms with E-state index in [1.807, 2.05) is 31.2 Å². The Labute approximate surface area is 203 Å². The summed E-state index contributed by atoms with van der Waals surface area (Å²) in [5.74, 6) is -1.31. The molecule has 1 heterocycles. The summed E-state index contributed by atoms with van der Waals surface area (Å²) in [7, 11) is 1.56. The molecule has 3 N–H and O–H groups in total. The first kappa shape index (κ1) is 24.0. The number of amides is 2. The van der Waals surface area contributed by atoms with Gasteiger partial charge in [0.15, 0.2) is 0 Å². The number of carbonyl (C=O) groups excluding carboxylic acids is 2. The van der Waals surface area contributed by atoms with Gasteiger partial charge in [0.2, 0.25) is 5.91 Å². The number of carboxylic acids is 1. The molecule has 1 aliphatic rings. The second kappa shape index (κ2) is 10.4. The van der Waals surface area contributed by atoms with E-state index in [1.165, 1.54) is 22.0 Å². The second-order valence-electron chi connectivity index (χ2n) is 8.73. The Bertz CT molecular complexity index is 1210. The quantitative estimate of drug-likeness (QED) is 0.429. The number of ether oxygens (including phenoxy) is 1. The van der Waals surface area contributed by atoms with Crippen LogP contribution in [-0.4, -0.2) is 46.0 Å². The fourth-order valence-corrected chi connectivity index (χ4v) is 4.32. The van der Waals surface area contributed by atoms with E-state index in [9.17, 15) is 19.5 Å². The lowest BCUT2D eigenvalue weighted by atomic mass is 9.98. The lowest BCUT2D eigenvalue weighted by Crippen LogP contribution is -2.30. The van der Waals surface area contributed by atoms with Gasteiger partial charge in [0.1, 0.15) is 18.0 Å². The molecule has 1 aromatic heterocycles. The van der Waals surface area contributed by atoms with Crippen molar-refractivity contribution < 1.29 is 24.2 Å². The summed E-state index contributed by atoms with van der Waals surface area (Å²) < 4.78 is 6.85. The number of carboxylic acid groups (broad SMARTS) is 1. The Hall–Kier alpha value is -4.14. The van der Waals surface area contributed by atoms with Crippen LogP contribution in [0.4, 0.5) is 10.6 Å². The van der Waals surface area contributed by atoms with Crippen molar-refractivity contribution in [3.05, 3.63) is 71.4 Å². The number of aryl methyl sites for hydroxylation is 1. The Balaban J connectivity index is 1.22. The zero-order valence-corrected chi connectivity index (χ0v) is 19.7. The van der Waals surface area contributed by atoms with Gasteiger partial charge in [-0.3, -0.25) is 9.48 Å². The normalized spacial score (nSPS) is 13.0. The maximum Gasteiger partial charge on any atom is 0.407 e. The molecule has 3 aromatic rings. The summed E-state index contributed by atoms with van der Waals surface area (Å²) >= 11 is 0. The number of rotatable bonds is 9. The van der Waals surface area contributed by atoms with E-state index in [2.05, 4.69) is 40.0 Å². The number of alkyl carbamates (subject to hydrolysis) is 1. The van der Waals surface area contributed by atoms with Crippen LogP contribution in [0.1, 0.15) is 47.2 Å². The molecule has 0 radical (unpaired) electrons. The molecule has 1 unspecified atom stereocenters. The van der Waals surface area contributed by atoms with E-state index in [1.54, 1.807) is 7.05 Å². The Kier molecular flexibility index (Phi) is 7.14. The van der Waals surface area contributed by atoms with Gasteiger partial charge >= 0.3 is 12.1 Å². The first-order valence-corrected chi connectivity index (χ1v) is 11.5. The van der Waals surface area contributed by atoms with Gasteiger partial charge in [0, 0.05) is 25.9 Å². The Morgan fingerprint density at radius 1 is 1.09 bits per heavy atom. The van der Waals surface area contributed by atoms with Gasteiger partial charge in [-0.2, -0.15) is 5.10 Å². The van der Waals surface area contributed by atoms with Gasteiger partial charge in [-0.25, -0.2) is 9.59 Å². The molecule has 0 spiro atoms. The van der Waals surface area contributed by atoms with E-state index in [4.69, 9.17) is 4.74 Å². The highest BCUT2D eigenvalue weighted by Crippen LogP contribution is 2.44. The van der Waals surface area contributed by atoms with Crippen molar-refractivity contribution in [2.75, 3.05) is 18.5 Å². The summed E-state index contributed by atoms with van der Waals surface area (Å²) in [4.78, 5) is 35.8. The maximum atomic E-state index is 12.3. The molecular weight excluding hydrogens is 448 g/mol. The molecule has 9 nitrogen and oxygen atoms in total. The number of hydrogen-bond acceptors (Lipinski definition) is 5. The number of fused-ring (bicyclic) bond motifs is 3. The van der Waals surface area contributed by atoms with Crippen LogP contribution >= 0.6 is 0 Å². The third-order valence-electron chi connectivity index (χ3n) is 6.23. The Morgan fingerprint density at radius 3 is 2.34 bits per heavy atom. The molecule has 35 heavy (non-hydrogen) atoms. The van der Waals surface area contributed by atoms with Gasteiger partial charge in [-0.15, -0.1) is 0 Å². The van der Waals surface area contributed by atoms with Crippen molar-refractivity contribution in [1.82, 2.24) is 15.1 Å². The van der Waals surface area contributed by atoms with Gasteiger partial charge in [0.25, 0.3) is 0 Å². The SMILES string of the molecule is CC(CCC(=O)Nc1c(C(=O)O)cnn1C)CNC(=O)OCC1c2ccccc2-c2ccccc21. The number of benzene rings is 2. The second-order valence-corrected chi connectivity index (χ2v) is 8.73.